The molecular weight excluding hydrogens is 246 g/mol. The summed E-state index contributed by atoms with van der Waals surface area (Å²) in [5, 5.41) is 0.762. The van der Waals surface area contributed by atoms with Gasteiger partial charge in [0, 0.05) is 19.0 Å². The second-order valence-electron chi connectivity index (χ2n) is 5.19. The van der Waals surface area contributed by atoms with E-state index in [1.54, 1.807) is 0 Å². The van der Waals surface area contributed by atoms with Crippen LogP contribution in [0.1, 0.15) is 37.4 Å². The first-order valence-electron chi connectivity index (χ1n) is 6.55. The van der Waals surface area contributed by atoms with Crippen molar-refractivity contribution < 1.29 is 0 Å². The molecule has 0 saturated heterocycles. The molecule has 1 heterocycles. The van der Waals surface area contributed by atoms with Crippen LogP contribution in [0.2, 0.25) is 5.02 Å². The first-order valence-corrected chi connectivity index (χ1v) is 6.92. The van der Waals surface area contributed by atoms with Gasteiger partial charge in [0.15, 0.2) is 0 Å². The minimum atomic E-state index is 0.230. The monoisotopic (exact) mass is 263 g/mol. The van der Waals surface area contributed by atoms with Gasteiger partial charge in [-0.1, -0.05) is 30.5 Å². The summed E-state index contributed by atoms with van der Waals surface area (Å²) in [6.07, 6.45) is 4.72. The Labute approximate surface area is 112 Å². The Morgan fingerprint density at radius 1 is 1.33 bits per heavy atom. The SMILES string of the molecule is Cn1c(C2CCCCC2N)nc2cccc(Cl)c21. The van der Waals surface area contributed by atoms with Crippen LogP contribution in [-0.2, 0) is 7.05 Å². The largest absolute Gasteiger partial charge is 0.330 e. The van der Waals surface area contributed by atoms with Crippen LogP contribution in [0.25, 0.3) is 11.0 Å². The van der Waals surface area contributed by atoms with Gasteiger partial charge < -0.3 is 10.3 Å². The molecule has 3 rings (SSSR count). The van der Waals surface area contributed by atoms with Crippen LogP contribution in [0.4, 0.5) is 0 Å². The van der Waals surface area contributed by atoms with E-state index in [4.69, 9.17) is 22.3 Å². The smallest absolute Gasteiger partial charge is 0.114 e. The van der Waals surface area contributed by atoms with E-state index < -0.39 is 0 Å². The molecule has 2 unspecified atom stereocenters. The number of fused-ring (bicyclic) bond motifs is 1. The van der Waals surface area contributed by atoms with Crippen molar-refractivity contribution in [3.05, 3.63) is 29.0 Å². The molecule has 2 N–H and O–H groups in total. The lowest BCUT2D eigenvalue weighted by Crippen LogP contribution is -2.32. The average molecular weight is 264 g/mol. The van der Waals surface area contributed by atoms with Crippen molar-refractivity contribution in [2.24, 2.45) is 12.8 Å². The second-order valence-corrected chi connectivity index (χ2v) is 5.60. The molecule has 3 nitrogen and oxygen atoms in total. The number of imidazole rings is 1. The molecule has 0 bridgehead atoms. The normalized spacial score (nSPS) is 24.6. The number of nitrogens with zero attached hydrogens (tertiary/aromatic N) is 2. The Balaban J connectivity index is 2.12. The van der Waals surface area contributed by atoms with E-state index in [1.165, 1.54) is 12.8 Å². The number of halogens is 1. The summed E-state index contributed by atoms with van der Waals surface area (Å²) in [6, 6.07) is 6.10. The molecule has 0 spiro atoms. The number of hydrogen-bond donors (Lipinski definition) is 1. The summed E-state index contributed by atoms with van der Waals surface area (Å²) in [5.41, 5.74) is 8.24. The van der Waals surface area contributed by atoms with E-state index in [2.05, 4.69) is 4.57 Å². The van der Waals surface area contributed by atoms with Crippen LogP contribution in [0, 0.1) is 0 Å². The molecule has 1 aliphatic rings. The molecule has 18 heavy (non-hydrogen) atoms. The van der Waals surface area contributed by atoms with Gasteiger partial charge in [-0.15, -0.1) is 0 Å². The second kappa shape index (κ2) is 4.56. The van der Waals surface area contributed by atoms with E-state index in [-0.39, 0.29) is 6.04 Å². The third kappa shape index (κ3) is 1.82. The number of aromatic nitrogens is 2. The minimum absolute atomic E-state index is 0.230. The highest BCUT2D eigenvalue weighted by Crippen LogP contribution is 2.34. The fourth-order valence-corrected chi connectivity index (χ4v) is 3.35. The summed E-state index contributed by atoms with van der Waals surface area (Å²) in [7, 11) is 2.04. The summed E-state index contributed by atoms with van der Waals surface area (Å²) < 4.78 is 2.12. The van der Waals surface area contributed by atoms with Crippen molar-refractivity contribution >= 4 is 22.6 Å². The minimum Gasteiger partial charge on any atom is -0.330 e. The number of nitrogens with two attached hydrogens (primary N) is 1. The van der Waals surface area contributed by atoms with Crippen LogP contribution < -0.4 is 5.73 Å². The quantitative estimate of drug-likeness (QED) is 0.859. The number of para-hydroxylation sites is 1. The predicted octanol–water partition coefficient (Wildman–Crippen LogP) is 3.21. The fourth-order valence-electron chi connectivity index (χ4n) is 3.05. The summed E-state index contributed by atoms with van der Waals surface area (Å²) in [4.78, 5) is 4.75. The predicted molar refractivity (Wildman–Crippen MR) is 74.9 cm³/mol. The number of hydrogen-bond acceptors (Lipinski definition) is 2. The average Bonchev–Trinajstić information content (AvgIpc) is 2.69. The Morgan fingerprint density at radius 3 is 2.83 bits per heavy atom. The fraction of sp³-hybridized carbons (Fsp3) is 0.500. The lowest BCUT2D eigenvalue weighted by molar-refractivity contribution is 0.368. The van der Waals surface area contributed by atoms with Crippen molar-refractivity contribution in [3.8, 4) is 0 Å². The Hall–Kier alpha value is -1.06. The molecule has 1 fully saturated rings. The highest BCUT2D eigenvalue weighted by Gasteiger charge is 2.27. The zero-order valence-corrected chi connectivity index (χ0v) is 11.3. The van der Waals surface area contributed by atoms with Gasteiger partial charge in [-0.2, -0.15) is 0 Å². The van der Waals surface area contributed by atoms with E-state index in [9.17, 15) is 0 Å². The molecule has 96 valence electrons. The molecule has 1 aliphatic carbocycles. The van der Waals surface area contributed by atoms with Gasteiger partial charge >= 0.3 is 0 Å². The van der Waals surface area contributed by atoms with Crippen molar-refractivity contribution in [3.63, 3.8) is 0 Å². The molecule has 0 aliphatic heterocycles. The standard InChI is InChI=1S/C14H18ClN3/c1-18-13-10(15)6-4-8-12(13)17-14(18)9-5-2-3-7-11(9)16/h4,6,8-9,11H,2-3,5,7,16H2,1H3. The molecule has 1 aromatic carbocycles. The highest BCUT2D eigenvalue weighted by molar-refractivity contribution is 6.35. The van der Waals surface area contributed by atoms with E-state index in [0.29, 0.717) is 5.92 Å². The Morgan fingerprint density at radius 2 is 2.11 bits per heavy atom. The topological polar surface area (TPSA) is 43.8 Å². The molecule has 1 aromatic heterocycles. The third-order valence-corrected chi connectivity index (χ3v) is 4.34. The van der Waals surface area contributed by atoms with Crippen molar-refractivity contribution in [1.29, 1.82) is 0 Å². The lowest BCUT2D eigenvalue weighted by Gasteiger charge is -2.28. The van der Waals surface area contributed by atoms with Crippen molar-refractivity contribution in [2.45, 2.75) is 37.6 Å². The van der Waals surface area contributed by atoms with Gasteiger partial charge in [0.05, 0.1) is 16.1 Å². The van der Waals surface area contributed by atoms with Crippen LogP contribution in [0.5, 0.6) is 0 Å². The summed E-state index contributed by atoms with van der Waals surface area (Å²) in [6.45, 7) is 0. The van der Waals surface area contributed by atoms with E-state index >= 15 is 0 Å². The molecular formula is C14H18ClN3. The molecule has 2 aromatic rings. The first-order chi connectivity index (χ1) is 8.68. The van der Waals surface area contributed by atoms with E-state index in [1.807, 2.05) is 25.2 Å². The summed E-state index contributed by atoms with van der Waals surface area (Å²) in [5.74, 6) is 1.46. The number of benzene rings is 1. The highest BCUT2D eigenvalue weighted by atomic mass is 35.5. The van der Waals surface area contributed by atoms with Gasteiger partial charge in [-0.3, -0.25) is 0 Å². The molecule has 4 heteroatoms. The maximum atomic E-state index is 6.26. The Kier molecular flexibility index (Phi) is 3.04. The van der Waals surface area contributed by atoms with Gasteiger partial charge in [0.25, 0.3) is 0 Å². The van der Waals surface area contributed by atoms with Crippen LogP contribution in [-0.4, -0.2) is 15.6 Å². The maximum absolute atomic E-state index is 6.26. The van der Waals surface area contributed by atoms with E-state index in [0.717, 1.165) is 34.7 Å². The molecule has 0 radical (unpaired) electrons. The zero-order valence-electron chi connectivity index (χ0n) is 10.6. The van der Waals surface area contributed by atoms with Crippen molar-refractivity contribution in [2.75, 3.05) is 0 Å². The van der Waals surface area contributed by atoms with Gasteiger partial charge in [-0.25, -0.2) is 4.98 Å². The lowest BCUT2D eigenvalue weighted by atomic mass is 9.84. The summed E-state index contributed by atoms with van der Waals surface area (Å²) >= 11 is 6.26. The maximum Gasteiger partial charge on any atom is 0.114 e. The van der Waals surface area contributed by atoms with Gasteiger partial charge in [-0.05, 0) is 25.0 Å². The Bertz CT molecular complexity index is 576. The van der Waals surface area contributed by atoms with Crippen LogP contribution in [0.15, 0.2) is 18.2 Å². The number of rotatable bonds is 1. The number of aryl methyl sites for hydroxylation is 1. The third-order valence-electron chi connectivity index (χ3n) is 4.03. The van der Waals surface area contributed by atoms with Gasteiger partial charge in [0.2, 0.25) is 0 Å². The van der Waals surface area contributed by atoms with Crippen molar-refractivity contribution in [1.82, 2.24) is 9.55 Å². The zero-order chi connectivity index (χ0) is 12.7. The molecule has 1 saturated carbocycles. The van der Waals surface area contributed by atoms with Crippen LogP contribution >= 0.6 is 11.6 Å². The van der Waals surface area contributed by atoms with Gasteiger partial charge in [0.1, 0.15) is 5.82 Å². The molecule has 2 atom stereocenters. The van der Waals surface area contributed by atoms with Crippen LogP contribution in [0.3, 0.4) is 0 Å². The molecule has 0 amide bonds. The first kappa shape index (κ1) is 12.0.